The molecule has 5 heteroatoms. The van der Waals surface area contributed by atoms with E-state index < -0.39 is 6.10 Å². The Kier molecular flexibility index (Phi) is 54.0. The van der Waals surface area contributed by atoms with Gasteiger partial charge in [0, 0.05) is 12.8 Å². The highest BCUT2D eigenvalue weighted by molar-refractivity contribution is 5.70. The van der Waals surface area contributed by atoms with E-state index in [-0.39, 0.29) is 25.2 Å². The third-order valence-electron chi connectivity index (χ3n) is 11.4. The summed E-state index contributed by atoms with van der Waals surface area (Å²) in [6.07, 6.45) is 85.5. The van der Waals surface area contributed by atoms with Gasteiger partial charge in [-0.15, -0.1) is 0 Å². The lowest BCUT2D eigenvalue weighted by Gasteiger charge is -2.15. The molecule has 0 aromatic heterocycles. The van der Waals surface area contributed by atoms with Gasteiger partial charge >= 0.3 is 11.9 Å². The van der Waals surface area contributed by atoms with Crippen LogP contribution >= 0.6 is 0 Å². The minimum Gasteiger partial charge on any atom is -0.462 e. The molecular weight excluding hydrogens is 837 g/mol. The summed E-state index contributed by atoms with van der Waals surface area (Å²) in [5.74, 6) is -0.613. The van der Waals surface area contributed by atoms with Crippen molar-refractivity contribution in [3.8, 4) is 0 Å². The fraction of sp³-hybridized carbons (Fsp3) is 0.619. The van der Waals surface area contributed by atoms with Gasteiger partial charge in [0.15, 0.2) is 6.10 Å². The van der Waals surface area contributed by atoms with Crippen molar-refractivity contribution >= 4 is 11.9 Å². The summed E-state index contributed by atoms with van der Waals surface area (Å²) in [6.45, 7) is 3.98. The van der Waals surface area contributed by atoms with Gasteiger partial charge in [-0.3, -0.25) is 9.59 Å². The first-order chi connectivity index (χ1) is 33.6. The zero-order valence-corrected chi connectivity index (χ0v) is 43.8. The molecule has 0 fully saturated rings. The van der Waals surface area contributed by atoms with Crippen LogP contribution in [0.15, 0.2) is 134 Å². The number of carbonyl (C=O) groups is 2. The summed E-state index contributed by atoms with van der Waals surface area (Å²) in [4.78, 5) is 24.5. The molecule has 0 aliphatic rings. The molecule has 0 heterocycles. The van der Waals surface area contributed by atoms with Gasteiger partial charge in [0.1, 0.15) is 6.61 Å². The first-order valence-electron chi connectivity index (χ1n) is 27.7. The minimum atomic E-state index is -0.788. The topological polar surface area (TPSA) is 72.8 Å². The van der Waals surface area contributed by atoms with Crippen LogP contribution in [0.1, 0.15) is 232 Å². The van der Waals surface area contributed by atoms with E-state index in [0.29, 0.717) is 12.8 Å². The number of aliphatic hydroxyl groups excluding tert-OH is 1. The molecule has 1 unspecified atom stereocenters. The molecule has 0 bridgehead atoms. The van der Waals surface area contributed by atoms with Crippen LogP contribution in [0.4, 0.5) is 0 Å². The molecule has 0 aromatic carbocycles. The standard InChI is InChI=1S/C63H102O5/c1-3-5-7-9-11-13-15-17-19-21-22-23-24-25-26-27-28-29-30-31-32-33-34-35-36-37-38-39-40-42-44-46-48-50-52-54-56-58-63(66)68-61(59-64)60-67-62(65)57-55-53-51-49-47-45-43-41-20-18-16-14-12-10-8-6-4-2/h5,7,11-14,17-20,22-23,25-26,28-29,31-32,34-35,37-38,61,64H,3-4,6,8-10,15-16,21,24,27,30,33,36,39-60H2,1-2H3/b7-5-,13-11-,14-12-,19-17-,20-18-,23-22-,26-25-,29-28-,32-31-,35-34-,38-37-. The van der Waals surface area contributed by atoms with Crippen LogP contribution in [0.2, 0.25) is 0 Å². The van der Waals surface area contributed by atoms with Crippen molar-refractivity contribution in [2.45, 2.75) is 238 Å². The molecule has 1 N–H and O–H groups in total. The summed E-state index contributed by atoms with van der Waals surface area (Å²) in [6, 6.07) is 0. The highest BCUT2D eigenvalue weighted by Gasteiger charge is 2.16. The van der Waals surface area contributed by atoms with E-state index in [2.05, 4.69) is 148 Å². The predicted molar refractivity (Wildman–Crippen MR) is 297 cm³/mol. The second-order valence-electron chi connectivity index (χ2n) is 17.9. The lowest BCUT2D eigenvalue weighted by Crippen LogP contribution is -2.28. The molecule has 0 saturated heterocycles. The van der Waals surface area contributed by atoms with Gasteiger partial charge in [-0.25, -0.2) is 0 Å². The highest BCUT2D eigenvalue weighted by atomic mass is 16.6. The van der Waals surface area contributed by atoms with Crippen molar-refractivity contribution < 1.29 is 24.2 Å². The number of rotatable bonds is 49. The molecular formula is C63H102O5. The Hall–Kier alpha value is -3.96. The molecule has 384 valence electrons. The van der Waals surface area contributed by atoms with Crippen LogP contribution < -0.4 is 0 Å². The van der Waals surface area contributed by atoms with Crippen LogP contribution in [0.3, 0.4) is 0 Å². The monoisotopic (exact) mass is 939 g/mol. The highest BCUT2D eigenvalue weighted by Crippen LogP contribution is 2.14. The summed E-state index contributed by atoms with van der Waals surface area (Å²) in [5, 5.41) is 9.64. The average molecular weight is 940 g/mol. The quantitative estimate of drug-likeness (QED) is 0.0374. The Morgan fingerprint density at radius 3 is 0.956 bits per heavy atom. The Morgan fingerprint density at radius 1 is 0.353 bits per heavy atom. The Labute approximate surface area is 419 Å². The normalized spacial score (nSPS) is 13.3. The first kappa shape index (κ1) is 64.0. The van der Waals surface area contributed by atoms with E-state index in [9.17, 15) is 14.7 Å². The number of esters is 2. The molecule has 1 atom stereocenters. The number of carbonyl (C=O) groups excluding carboxylic acids is 2. The fourth-order valence-electron chi connectivity index (χ4n) is 7.28. The van der Waals surface area contributed by atoms with E-state index in [1.165, 1.54) is 89.9 Å². The van der Waals surface area contributed by atoms with Crippen molar-refractivity contribution in [3.05, 3.63) is 134 Å². The van der Waals surface area contributed by atoms with Crippen LogP contribution in [-0.2, 0) is 19.1 Å². The lowest BCUT2D eigenvalue weighted by atomic mass is 10.1. The van der Waals surface area contributed by atoms with E-state index >= 15 is 0 Å². The molecule has 0 radical (unpaired) electrons. The van der Waals surface area contributed by atoms with Crippen LogP contribution in [0.25, 0.3) is 0 Å². The molecule has 0 aliphatic heterocycles. The second kappa shape index (κ2) is 57.4. The first-order valence-corrected chi connectivity index (χ1v) is 27.7. The third kappa shape index (κ3) is 54.6. The van der Waals surface area contributed by atoms with Gasteiger partial charge in [-0.05, 0) is 116 Å². The van der Waals surface area contributed by atoms with Gasteiger partial charge < -0.3 is 14.6 Å². The fourth-order valence-corrected chi connectivity index (χ4v) is 7.28. The number of ether oxygens (including phenoxy) is 2. The van der Waals surface area contributed by atoms with E-state index in [4.69, 9.17) is 9.47 Å². The van der Waals surface area contributed by atoms with Crippen LogP contribution in [0.5, 0.6) is 0 Å². The number of unbranched alkanes of at least 4 members (excludes halogenated alkanes) is 19. The zero-order valence-electron chi connectivity index (χ0n) is 43.8. The largest absolute Gasteiger partial charge is 0.462 e. The summed E-state index contributed by atoms with van der Waals surface area (Å²) >= 11 is 0. The van der Waals surface area contributed by atoms with Crippen molar-refractivity contribution in [3.63, 3.8) is 0 Å². The van der Waals surface area contributed by atoms with E-state index in [1.54, 1.807) is 0 Å². The number of hydrogen-bond acceptors (Lipinski definition) is 5. The van der Waals surface area contributed by atoms with Crippen molar-refractivity contribution in [1.29, 1.82) is 0 Å². The molecule has 5 nitrogen and oxygen atoms in total. The molecule has 0 saturated carbocycles. The maximum Gasteiger partial charge on any atom is 0.306 e. The Morgan fingerprint density at radius 2 is 0.632 bits per heavy atom. The summed E-state index contributed by atoms with van der Waals surface area (Å²) in [5.41, 5.74) is 0. The molecule has 0 spiro atoms. The lowest BCUT2D eigenvalue weighted by molar-refractivity contribution is -0.161. The smallest absolute Gasteiger partial charge is 0.306 e. The summed E-state index contributed by atoms with van der Waals surface area (Å²) < 4.78 is 10.7. The molecule has 0 rings (SSSR count). The van der Waals surface area contributed by atoms with Gasteiger partial charge in [-0.1, -0.05) is 237 Å². The van der Waals surface area contributed by atoms with E-state index in [1.807, 2.05) is 0 Å². The van der Waals surface area contributed by atoms with Gasteiger partial charge in [0.25, 0.3) is 0 Å². The van der Waals surface area contributed by atoms with Crippen molar-refractivity contribution in [1.82, 2.24) is 0 Å². The van der Waals surface area contributed by atoms with Crippen LogP contribution in [-0.4, -0.2) is 36.4 Å². The number of allylic oxidation sites excluding steroid dienone is 22. The van der Waals surface area contributed by atoms with E-state index in [0.717, 1.165) is 116 Å². The Bertz CT molecular complexity index is 1430. The molecule has 68 heavy (non-hydrogen) atoms. The molecule has 0 aromatic rings. The van der Waals surface area contributed by atoms with Crippen LogP contribution in [0, 0.1) is 0 Å². The SMILES string of the molecule is CC/C=C\C/C=C\C/C=C\C/C=C\C/C=C\C/C=C\C/C=C\C/C=C\C/C=C\CCCCCCCCCCCC(=O)OC(CO)COC(=O)CCCCCCCCC/C=C\C/C=C\CCCCC. The summed E-state index contributed by atoms with van der Waals surface area (Å²) in [7, 11) is 0. The predicted octanol–water partition coefficient (Wildman–Crippen LogP) is 18.9. The molecule has 0 amide bonds. The van der Waals surface area contributed by atoms with Gasteiger partial charge in [0.05, 0.1) is 6.61 Å². The van der Waals surface area contributed by atoms with Gasteiger partial charge in [-0.2, -0.15) is 0 Å². The zero-order chi connectivity index (χ0) is 49.2. The molecule has 0 aliphatic carbocycles. The third-order valence-corrected chi connectivity index (χ3v) is 11.4. The van der Waals surface area contributed by atoms with Crippen molar-refractivity contribution in [2.75, 3.05) is 13.2 Å². The second-order valence-corrected chi connectivity index (χ2v) is 17.9. The average Bonchev–Trinajstić information content (AvgIpc) is 3.34. The maximum absolute atomic E-state index is 12.3. The minimum absolute atomic E-state index is 0.0792. The maximum atomic E-state index is 12.3. The number of aliphatic hydroxyl groups is 1. The van der Waals surface area contributed by atoms with Crippen molar-refractivity contribution in [2.24, 2.45) is 0 Å². The Balaban J connectivity index is 3.60. The number of hydrogen-bond donors (Lipinski definition) is 1. The van der Waals surface area contributed by atoms with Gasteiger partial charge in [0.2, 0.25) is 0 Å².